The summed E-state index contributed by atoms with van der Waals surface area (Å²) in [6.45, 7) is 1.83. The normalized spacial score (nSPS) is 13.6. The Morgan fingerprint density at radius 3 is 2.06 bits per heavy atom. The summed E-state index contributed by atoms with van der Waals surface area (Å²) >= 11 is -2.54. The van der Waals surface area contributed by atoms with Crippen LogP contribution < -0.4 is 20.9 Å². The van der Waals surface area contributed by atoms with Crippen LogP contribution in [0.5, 0.6) is 5.75 Å². The molecule has 0 aliphatic carbocycles. The molecule has 7 aromatic rings. The van der Waals surface area contributed by atoms with Crippen molar-refractivity contribution in [3.05, 3.63) is 95.9 Å². The highest BCUT2D eigenvalue weighted by molar-refractivity contribution is 7.91. The zero-order chi connectivity index (χ0) is 36.0. The number of hydrogen-bond acceptors (Lipinski definition) is 10. The molecule has 1 aliphatic heterocycles. The van der Waals surface area contributed by atoms with E-state index in [2.05, 4.69) is 10.3 Å². The van der Waals surface area contributed by atoms with Gasteiger partial charge in [-0.05, 0) is 84.6 Å². The van der Waals surface area contributed by atoms with Gasteiger partial charge in [0.05, 0.1) is 15.5 Å². The molecule has 0 saturated carbocycles. The predicted octanol–water partition coefficient (Wildman–Crippen LogP) is 4.66. The van der Waals surface area contributed by atoms with Gasteiger partial charge in [-0.2, -0.15) is 0 Å². The second-order valence-electron chi connectivity index (χ2n) is 12.4. The molecule has 0 amide bonds. The average Bonchev–Trinajstić information content (AvgIpc) is 3.67. The minimum Gasteiger partial charge on any atom is -0.768 e. The fourth-order valence-electron chi connectivity index (χ4n) is 6.53. The van der Waals surface area contributed by atoms with Crippen LogP contribution in [-0.4, -0.2) is 59.2 Å². The molecule has 0 spiro atoms. The van der Waals surface area contributed by atoms with Gasteiger partial charge in [-0.25, -0.2) is 26.8 Å². The molecule has 3 aromatic heterocycles. The van der Waals surface area contributed by atoms with Gasteiger partial charge >= 0.3 is 7.05 Å². The van der Waals surface area contributed by atoms with Gasteiger partial charge in [0.25, 0.3) is 0 Å². The molecule has 0 fully saturated rings. The third-order valence-electron chi connectivity index (χ3n) is 8.96. The van der Waals surface area contributed by atoms with Crippen LogP contribution in [0, 0.1) is 0 Å². The number of fused-ring (bicyclic) bond motifs is 15. The van der Waals surface area contributed by atoms with Crippen LogP contribution in [0.15, 0.2) is 110 Å². The first kappa shape index (κ1) is 32.9. The molecule has 1 unspecified atom stereocenters. The Morgan fingerprint density at radius 1 is 0.765 bits per heavy atom. The largest absolute Gasteiger partial charge is 0.768 e. The first-order valence-corrected chi connectivity index (χ1v) is 20.4. The quantitative estimate of drug-likeness (QED) is 0.183. The molecule has 13 nitrogen and oxygen atoms in total. The van der Waals surface area contributed by atoms with Gasteiger partial charge < -0.3 is 28.6 Å². The summed E-state index contributed by atoms with van der Waals surface area (Å²) in [5.74, 6) is 2.19. The van der Waals surface area contributed by atoms with E-state index in [4.69, 9.17) is 14.6 Å². The first-order chi connectivity index (χ1) is 24.2. The average molecular weight is 740 g/mol. The molecule has 4 heterocycles. The summed E-state index contributed by atoms with van der Waals surface area (Å²) in [5.41, 5.74) is 0.804. The van der Waals surface area contributed by atoms with Gasteiger partial charge in [-0.3, -0.25) is 4.21 Å². The van der Waals surface area contributed by atoms with Crippen molar-refractivity contribution in [1.82, 2.24) is 14.0 Å². The molecule has 0 saturated heterocycles. The lowest BCUT2D eigenvalue weighted by Gasteiger charge is -2.18. The van der Waals surface area contributed by atoms with Crippen molar-refractivity contribution in [3.8, 4) is 5.75 Å². The van der Waals surface area contributed by atoms with E-state index in [9.17, 15) is 25.6 Å². The molecule has 258 valence electrons. The Labute approximate surface area is 294 Å². The lowest BCUT2D eigenvalue weighted by Crippen LogP contribution is -2.29. The maximum absolute atomic E-state index is 12.8. The Kier molecular flexibility index (Phi) is 7.53. The van der Waals surface area contributed by atoms with Crippen LogP contribution in [-0.2, 0) is 37.8 Å². The number of hydrogen-bond donors (Lipinski definition) is 2. The third kappa shape index (κ3) is 5.52. The molecule has 8 rings (SSSR count). The number of aromatic nitrogens is 3. The van der Waals surface area contributed by atoms with Gasteiger partial charge in [-0.1, -0.05) is 18.2 Å². The number of nitrogens with one attached hydrogen (secondary N) is 2. The lowest BCUT2D eigenvalue weighted by molar-refractivity contribution is 0.537. The minimum atomic E-state index is -3.64. The number of rotatable bonds is 6. The molecule has 2 N–H and O–H groups in total. The molecule has 1 atom stereocenters. The van der Waals surface area contributed by atoms with E-state index in [1.807, 2.05) is 41.6 Å². The summed E-state index contributed by atoms with van der Waals surface area (Å²) in [6, 6.07) is 23.4. The number of aromatic amines is 1. The number of benzene rings is 4. The van der Waals surface area contributed by atoms with Crippen molar-refractivity contribution in [1.29, 1.82) is 0 Å². The van der Waals surface area contributed by atoms with Crippen LogP contribution in [0.1, 0.15) is 0 Å². The van der Waals surface area contributed by atoms with Crippen LogP contribution in [0.3, 0.4) is 0 Å². The Balaban J connectivity index is 1.58. The van der Waals surface area contributed by atoms with E-state index in [1.165, 1.54) is 24.3 Å². The number of nitrogens with zero attached hydrogens (tertiary/aromatic N) is 4. The molecule has 51 heavy (non-hydrogen) atoms. The summed E-state index contributed by atoms with van der Waals surface area (Å²) in [4.78, 5) is 13.7. The van der Waals surface area contributed by atoms with Crippen LogP contribution in [0.25, 0.3) is 32.3 Å². The molecule has 4 aromatic carbocycles. The van der Waals surface area contributed by atoms with Crippen molar-refractivity contribution < 1.29 is 30.3 Å². The highest BCUT2D eigenvalue weighted by Crippen LogP contribution is 2.42. The van der Waals surface area contributed by atoms with Crippen molar-refractivity contribution in [3.63, 3.8) is 0 Å². The topological polar surface area (TPSA) is 180 Å². The van der Waals surface area contributed by atoms with Gasteiger partial charge in [0.15, 0.2) is 19.7 Å². The zero-order valence-corrected chi connectivity index (χ0v) is 30.0. The smallest absolute Gasteiger partial charge is 0.486 e. The maximum Gasteiger partial charge on any atom is 0.486 e. The van der Waals surface area contributed by atoms with Gasteiger partial charge in [0.1, 0.15) is 34.2 Å². The summed E-state index contributed by atoms with van der Waals surface area (Å²) < 4.78 is 85.3. The standard InChI is InChI=1S/C34H29BN6O7S3/c1-35(48-19-8-6-5-7-9-19)41-33-25-15-12-22(51(4,46)47)18-28(25)34(41)38-29-23-14-11-21(50(3,44)45)17-26(23)30(36-29)37-31-24-13-10-20(49(42)43)16-27(24)32(39-33)40(31)2/h5-18,36,38H,1-4H3,(H,42,43)/p-1. The number of sulfone groups is 2. The molecule has 1 aliphatic rings. The molecular formula is C34H28BN6O7S3-. The van der Waals surface area contributed by atoms with Gasteiger partial charge in [0.2, 0.25) is 0 Å². The second-order valence-corrected chi connectivity index (χ2v) is 17.3. The monoisotopic (exact) mass is 739 g/mol. The van der Waals surface area contributed by atoms with Gasteiger partial charge in [0, 0.05) is 56.8 Å². The Bertz CT molecular complexity index is 2990. The van der Waals surface area contributed by atoms with E-state index >= 15 is 0 Å². The molecule has 0 radical (unpaired) electrons. The molecular weight excluding hydrogens is 711 g/mol. The van der Waals surface area contributed by atoms with Crippen LogP contribution in [0.4, 0.5) is 23.3 Å². The van der Waals surface area contributed by atoms with E-state index in [-0.39, 0.29) is 14.7 Å². The minimum absolute atomic E-state index is 0.0481. The van der Waals surface area contributed by atoms with Crippen molar-refractivity contribution >= 4 is 93.4 Å². The van der Waals surface area contributed by atoms with E-state index < -0.39 is 37.8 Å². The van der Waals surface area contributed by atoms with Crippen molar-refractivity contribution in [2.75, 3.05) is 17.8 Å². The van der Waals surface area contributed by atoms with Crippen molar-refractivity contribution in [2.24, 2.45) is 17.0 Å². The highest BCUT2D eigenvalue weighted by atomic mass is 32.2. The van der Waals surface area contributed by atoms with E-state index in [0.717, 1.165) is 12.5 Å². The first-order valence-electron chi connectivity index (χ1n) is 15.6. The Hall–Kier alpha value is -5.23. The third-order valence-corrected chi connectivity index (χ3v) is 11.8. The fourth-order valence-corrected chi connectivity index (χ4v) is 8.21. The SMILES string of the molecule is CB(Oc1ccccc1)n1c2c3ccc(S(C)(=O)=O)cc3c1Nc1[nH]c(c3cc(S(C)(=O)=O)ccc13)N=c1c3ccc(S(=O)[O-])cc3c(n1C)=N2. The van der Waals surface area contributed by atoms with Gasteiger partial charge in [-0.15, -0.1) is 0 Å². The Morgan fingerprint density at radius 2 is 1.39 bits per heavy atom. The van der Waals surface area contributed by atoms with Crippen LogP contribution >= 0.6 is 0 Å². The summed E-state index contributed by atoms with van der Waals surface area (Å²) in [5, 5.41) is 6.76. The lowest BCUT2D eigenvalue weighted by atomic mass is 9.86. The maximum atomic E-state index is 12.8. The number of anilines is 2. The highest BCUT2D eigenvalue weighted by Gasteiger charge is 2.29. The molecule has 6 bridgehead atoms. The summed E-state index contributed by atoms with van der Waals surface area (Å²) in [6.07, 6.45) is 2.26. The number of H-pyrrole nitrogens is 1. The molecule has 17 heteroatoms. The number of para-hydroxylation sites is 1. The van der Waals surface area contributed by atoms with Crippen LogP contribution in [0.2, 0.25) is 6.82 Å². The van der Waals surface area contributed by atoms with Crippen molar-refractivity contribution in [2.45, 2.75) is 21.5 Å². The second kappa shape index (κ2) is 11.7. The fraction of sp³-hybridized carbons (Fsp3) is 0.118. The van der Waals surface area contributed by atoms with E-state index in [1.54, 1.807) is 41.9 Å². The summed E-state index contributed by atoms with van der Waals surface area (Å²) in [7, 11) is -6.21. The zero-order valence-electron chi connectivity index (χ0n) is 27.5. The predicted molar refractivity (Wildman–Crippen MR) is 196 cm³/mol. The van der Waals surface area contributed by atoms with E-state index in [0.29, 0.717) is 72.3 Å².